The number of likely N-dealkylation sites (N-methyl/N-ethyl adjacent to an activating group) is 1. The van der Waals surface area contributed by atoms with Gasteiger partial charge in [-0.2, -0.15) is 15.2 Å². The molecule has 0 spiro atoms. The highest BCUT2D eigenvalue weighted by Crippen LogP contribution is 2.39. The summed E-state index contributed by atoms with van der Waals surface area (Å²) in [5, 5.41) is 15.6. The van der Waals surface area contributed by atoms with Crippen molar-refractivity contribution in [2.45, 2.75) is 50.5 Å². The van der Waals surface area contributed by atoms with Crippen molar-refractivity contribution in [1.82, 2.24) is 20.2 Å². The number of fused-ring (bicyclic) bond motifs is 2. The fourth-order valence-corrected chi connectivity index (χ4v) is 6.26. The van der Waals surface area contributed by atoms with Crippen LogP contribution in [0.15, 0.2) is 36.4 Å². The average molecular weight is 533 g/mol. The van der Waals surface area contributed by atoms with Crippen LogP contribution in [0.25, 0.3) is 10.8 Å². The predicted octanol–water partition coefficient (Wildman–Crippen LogP) is 4.26. The second-order valence-electron chi connectivity index (χ2n) is 10.5. The fourth-order valence-electron chi connectivity index (χ4n) is 5.97. The Morgan fingerprint density at radius 3 is 2.89 bits per heavy atom. The van der Waals surface area contributed by atoms with Gasteiger partial charge in [-0.3, -0.25) is 0 Å². The number of piperazine rings is 1. The Bertz CT molecular complexity index is 1360. The van der Waals surface area contributed by atoms with E-state index in [1.165, 1.54) is 6.42 Å². The molecule has 3 atom stereocenters. The van der Waals surface area contributed by atoms with Gasteiger partial charge in [0.25, 0.3) is 0 Å². The van der Waals surface area contributed by atoms with Crippen molar-refractivity contribution in [2.75, 3.05) is 44.7 Å². The molecule has 1 N–H and O–H groups in total. The van der Waals surface area contributed by atoms with Gasteiger partial charge in [0.1, 0.15) is 12.4 Å². The molecule has 0 bridgehead atoms. The Labute approximate surface area is 228 Å². The molecule has 6 rings (SSSR count). The third-order valence-electron chi connectivity index (χ3n) is 8.06. The van der Waals surface area contributed by atoms with Gasteiger partial charge in [-0.1, -0.05) is 41.9 Å². The van der Waals surface area contributed by atoms with Gasteiger partial charge in [0.15, 0.2) is 0 Å². The summed E-state index contributed by atoms with van der Waals surface area (Å²) in [6, 6.07) is 15.4. The Morgan fingerprint density at radius 1 is 1.21 bits per heavy atom. The van der Waals surface area contributed by atoms with Gasteiger partial charge in [0, 0.05) is 54.1 Å². The van der Waals surface area contributed by atoms with Gasteiger partial charge in [-0.05, 0) is 43.5 Å². The van der Waals surface area contributed by atoms with Crippen molar-refractivity contribution in [1.29, 1.82) is 5.26 Å². The summed E-state index contributed by atoms with van der Waals surface area (Å²) in [5.41, 5.74) is 3.04. The van der Waals surface area contributed by atoms with Crippen molar-refractivity contribution >= 4 is 28.2 Å². The molecule has 2 fully saturated rings. The number of rotatable bonds is 6. The quantitative estimate of drug-likeness (QED) is 0.504. The largest absolute Gasteiger partial charge is 0.462 e. The van der Waals surface area contributed by atoms with E-state index < -0.39 is 0 Å². The zero-order valence-electron chi connectivity index (χ0n) is 21.7. The van der Waals surface area contributed by atoms with E-state index in [1.807, 2.05) is 12.1 Å². The van der Waals surface area contributed by atoms with E-state index >= 15 is 0 Å². The van der Waals surface area contributed by atoms with Gasteiger partial charge >= 0.3 is 6.01 Å². The lowest BCUT2D eigenvalue weighted by Gasteiger charge is -2.36. The molecule has 0 radical (unpaired) electrons. The highest BCUT2D eigenvalue weighted by atomic mass is 35.5. The predicted molar refractivity (Wildman–Crippen MR) is 148 cm³/mol. The molecule has 1 aromatic heterocycles. The summed E-state index contributed by atoms with van der Waals surface area (Å²) in [5.74, 6) is 0.864. The number of likely N-dealkylation sites (tertiary alicyclic amines) is 1. The van der Waals surface area contributed by atoms with E-state index in [1.54, 1.807) is 0 Å². The molecule has 4 heterocycles. The molecular weight excluding hydrogens is 500 g/mol. The molecule has 0 aliphatic carbocycles. The smallest absolute Gasteiger partial charge is 0.318 e. The zero-order chi connectivity index (χ0) is 26.1. The van der Waals surface area contributed by atoms with Gasteiger partial charge in [0.2, 0.25) is 0 Å². The third kappa shape index (κ3) is 5.04. The number of halogens is 1. The molecule has 3 aliphatic heterocycles. The van der Waals surface area contributed by atoms with E-state index in [2.05, 4.69) is 52.5 Å². The Kier molecular flexibility index (Phi) is 7.35. The van der Waals surface area contributed by atoms with Crippen molar-refractivity contribution < 1.29 is 9.47 Å². The molecule has 2 saturated heterocycles. The van der Waals surface area contributed by atoms with Crippen LogP contribution >= 0.6 is 11.6 Å². The molecular formula is C29H33ClN6O2. The van der Waals surface area contributed by atoms with Crippen LogP contribution in [0, 0.1) is 11.3 Å². The second kappa shape index (κ2) is 11.0. The summed E-state index contributed by atoms with van der Waals surface area (Å²) in [4.78, 5) is 14.4. The maximum absolute atomic E-state index is 9.25. The van der Waals surface area contributed by atoms with Crippen molar-refractivity contribution in [3.8, 4) is 12.1 Å². The first-order chi connectivity index (χ1) is 18.6. The average Bonchev–Trinajstić information content (AvgIpc) is 3.35. The second-order valence-corrected chi connectivity index (χ2v) is 10.9. The summed E-state index contributed by atoms with van der Waals surface area (Å²) >= 11 is 6.65. The van der Waals surface area contributed by atoms with Crippen LogP contribution in [0.5, 0.6) is 6.01 Å². The molecule has 3 aromatic rings. The number of nitrogens with zero attached hydrogens (tertiary/aromatic N) is 5. The summed E-state index contributed by atoms with van der Waals surface area (Å²) in [6.45, 7) is 4.40. The molecule has 2 aromatic carbocycles. The Balaban J connectivity index is 1.34. The fraction of sp³-hybridized carbons (Fsp3) is 0.483. The minimum Gasteiger partial charge on any atom is -0.462 e. The lowest BCUT2D eigenvalue weighted by molar-refractivity contribution is 0.0265. The standard InChI is InChI=1S/C29H33ClN6O2/c1-35-13-4-7-21(35)17-38-29-33-25-15-26(22-8-2-5-19-6-3-9-24(30)27(19)22)37-18-23(25)28(34-29)36-14-12-32-20(16-36)10-11-31/h2-3,5-6,8-9,20-21,26,32H,4,7,10,12-18H2,1H3/t20-,21-,26-/m0/s1. The van der Waals surface area contributed by atoms with E-state index in [-0.39, 0.29) is 12.1 Å². The minimum atomic E-state index is -0.169. The zero-order valence-corrected chi connectivity index (χ0v) is 22.5. The Morgan fingerprint density at radius 2 is 2.08 bits per heavy atom. The summed E-state index contributed by atoms with van der Waals surface area (Å²) in [6.07, 6.45) is 3.22. The van der Waals surface area contributed by atoms with Crippen LogP contribution in [-0.2, 0) is 17.8 Å². The third-order valence-corrected chi connectivity index (χ3v) is 8.38. The molecule has 198 valence electrons. The van der Waals surface area contributed by atoms with Crippen LogP contribution < -0.4 is 15.0 Å². The topological polar surface area (TPSA) is 86.5 Å². The first-order valence-corrected chi connectivity index (χ1v) is 13.9. The number of hydrogen-bond donors (Lipinski definition) is 1. The number of hydrogen-bond acceptors (Lipinski definition) is 8. The van der Waals surface area contributed by atoms with Crippen molar-refractivity contribution in [2.24, 2.45) is 0 Å². The first kappa shape index (κ1) is 25.3. The van der Waals surface area contributed by atoms with Crippen LogP contribution in [0.3, 0.4) is 0 Å². The van der Waals surface area contributed by atoms with Gasteiger partial charge < -0.3 is 24.6 Å². The van der Waals surface area contributed by atoms with Gasteiger partial charge in [0.05, 0.1) is 30.9 Å². The maximum atomic E-state index is 9.25. The maximum Gasteiger partial charge on any atom is 0.318 e. The number of aromatic nitrogens is 2. The van der Waals surface area contributed by atoms with Gasteiger partial charge in [-0.15, -0.1) is 0 Å². The van der Waals surface area contributed by atoms with Gasteiger partial charge in [-0.25, -0.2) is 0 Å². The highest BCUT2D eigenvalue weighted by Gasteiger charge is 2.31. The summed E-state index contributed by atoms with van der Waals surface area (Å²) in [7, 11) is 2.15. The molecule has 8 nitrogen and oxygen atoms in total. The lowest BCUT2D eigenvalue weighted by Crippen LogP contribution is -2.51. The lowest BCUT2D eigenvalue weighted by atomic mass is 9.94. The normalized spacial score (nSPS) is 23.8. The molecule has 38 heavy (non-hydrogen) atoms. The monoisotopic (exact) mass is 532 g/mol. The van der Waals surface area contributed by atoms with Crippen LogP contribution in [0.2, 0.25) is 5.02 Å². The van der Waals surface area contributed by atoms with Crippen molar-refractivity contribution in [3.63, 3.8) is 0 Å². The van der Waals surface area contributed by atoms with E-state index in [9.17, 15) is 5.26 Å². The number of nitriles is 1. The number of anilines is 1. The molecule has 0 unspecified atom stereocenters. The van der Waals surface area contributed by atoms with Crippen LogP contribution in [0.1, 0.15) is 42.2 Å². The SMILES string of the molecule is CN1CCC[C@H]1COc1nc2c(c(N3CCN[C@@H](CC#N)C3)n1)CO[C@H](c1cccc3cccc(Cl)c13)C2. The van der Waals surface area contributed by atoms with Crippen LogP contribution in [-0.4, -0.2) is 66.8 Å². The first-order valence-electron chi connectivity index (χ1n) is 13.5. The summed E-state index contributed by atoms with van der Waals surface area (Å²) < 4.78 is 12.7. The molecule has 3 aliphatic rings. The van der Waals surface area contributed by atoms with E-state index in [0.717, 1.165) is 64.5 Å². The minimum absolute atomic E-state index is 0.103. The highest BCUT2D eigenvalue weighted by molar-refractivity contribution is 6.35. The van der Waals surface area contributed by atoms with Crippen LogP contribution in [0.4, 0.5) is 5.82 Å². The molecule has 9 heteroatoms. The molecule has 0 saturated carbocycles. The number of ether oxygens (including phenoxy) is 2. The number of benzene rings is 2. The van der Waals surface area contributed by atoms with E-state index in [4.69, 9.17) is 31.0 Å². The van der Waals surface area contributed by atoms with E-state index in [0.29, 0.717) is 44.7 Å². The van der Waals surface area contributed by atoms with Crippen molar-refractivity contribution in [3.05, 3.63) is 58.2 Å². The Hall–Kier alpha value is -2.96. The molecule has 0 amide bonds. The number of nitrogens with one attached hydrogen (secondary N) is 1.